The van der Waals surface area contributed by atoms with Crippen LogP contribution in [-0.4, -0.2) is 16.9 Å². The fraction of sp³-hybridized carbons (Fsp3) is 0.286. The molecule has 0 unspecified atom stereocenters. The topological polar surface area (TPSA) is 44.1 Å². The number of hydrogen-bond acceptors (Lipinski definition) is 3. The summed E-state index contributed by atoms with van der Waals surface area (Å²) in [6.07, 6.45) is 0. The first-order valence-electron chi connectivity index (χ1n) is 5.96. The van der Waals surface area contributed by atoms with E-state index in [-0.39, 0.29) is 17.4 Å². The van der Waals surface area contributed by atoms with Crippen LogP contribution >= 0.6 is 0 Å². The van der Waals surface area contributed by atoms with Crippen LogP contribution in [0.4, 0.5) is 4.39 Å². The zero-order valence-corrected chi connectivity index (χ0v) is 11.1. The van der Waals surface area contributed by atoms with Gasteiger partial charge in [0.1, 0.15) is 11.5 Å². The predicted octanol–water partition coefficient (Wildman–Crippen LogP) is 2.64. The molecule has 1 aromatic carbocycles. The first-order valence-corrected chi connectivity index (χ1v) is 5.96. The summed E-state index contributed by atoms with van der Waals surface area (Å²) >= 11 is 0. The van der Waals surface area contributed by atoms with E-state index in [1.54, 1.807) is 12.1 Å². The van der Waals surface area contributed by atoms with Gasteiger partial charge in [0, 0.05) is 11.6 Å². The molecule has 0 spiro atoms. The second kappa shape index (κ2) is 5.22. The average Bonchev–Trinajstić information content (AvgIpc) is 2.37. The van der Waals surface area contributed by atoms with E-state index in [9.17, 15) is 9.18 Å². The van der Waals surface area contributed by atoms with Crippen LogP contribution in [0.1, 0.15) is 19.9 Å². The zero-order chi connectivity index (χ0) is 14.0. The monoisotopic (exact) mass is 262 g/mol. The third-order valence-electron chi connectivity index (χ3n) is 2.73. The largest absolute Gasteiger partial charge is 0.494 e. The lowest BCUT2D eigenvalue weighted by molar-refractivity contribution is 0.404. The Hall–Kier alpha value is -2.17. The van der Waals surface area contributed by atoms with Gasteiger partial charge in [-0.1, -0.05) is 12.1 Å². The van der Waals surface area contributed by atoms with E-state index in [2.05, 4.69) is 5.10 Å². The van der Waals surface area contributed by atoms with Crippen LogP contribution in [0.15, 0.2) is 35.1 Å². The lowest BCUT2D eigenvalue weighted by Gasteiger charge is -2.13. The molecular formula is C14H15FN2O2. The van der Waals surface area contributed by atoms with Gasteiger partial charge in [0.15, 0.2) is 5.75 Å². The van der Waals surface area contributed by atoms with Crippen molar-refractivity contribution in [2.75, 3.05) is 7.11 Å². The van der Waals surface area contributed by atoms with Crippen LogP contribution in [0.25, 0.3) is 11.3 Å². The fourth-order valence-electron chi connectivity index (χ4n) is 1.81. The van der Waals surface area contributed by atoms with Gasteiger partial charge in [0.2, 0.25) is 0 Å². The van der Waals surface area contributed by atoms with Crippen LogP contribution in [0, 0.1) is 5.82 Å². The minimum Gasteiger partial charge on any atom is -0.494 e. The fourth-order valence-corrected chi connectivity index (χ4v) is 1.81. The Balaban J connectivity index is 2.67. The smallest absolute Gasteiger partial charge is 0.270 e. The van der Waals surface area contributed by atoms with Gasteiger partial charge >= 0.3 is 0 Å². The predicted molar refractivity (Wildman–Crippen MR) is 70.8 cm³/mol. The third kappa shape index (κ3) is 2.65. The number of aromatic nitrogens is 2. The van der Waals surface area contributed by atoms with Gasteiger partial charge in [0.25, 0.3) is 5.56 Å². The molecule has 0 radical (unpaired) electrons. The van der Waals surface area contributed by atoms with E-state index < -0.39 is 0 Å². The second-order valence-electron chi connectivity index (χ2n) is 4.45. The second-order valence-corrected chi connectivity index (χ2v) is 4.45. The molecule has 0 N–H and O–H groups in total. The molecule has 0 aliphatic heterocycles. The van der Waals surface area contributed by atoms with Crippen molar-refractivity contribution in [2.24, 2.45) is 0 Å². The van der Waals surface area contributed by atoms with E-state index in [1.807, 2.05) is 13.8 Å². The van der Waals surface area contributed by atoms with Gasteiger partial charge in [-0.15, -0.1) is 0 Å². The Morgan fingerprint density at radius 1 is 1.32 bits per heavy atom. The molecule has 19 heavy (non-hydrogen) atoms. The van der Waals surface area contributed by atoms with Crippen LogP contribution < -0.4 is 10.3 Å². The van der Waals surface area contributed by atoms with Crippen molar-refractivity contribution < 1.29 is 9.13 Å². The van der Waals surface area contributed by atoms with Crippen molar-refractivity contribution in [1.29, 1.82) is 0 Å². The molecule has 100 valence electrons. The van der Waals surface area contributed by atoms with Crippen molar-refractivity contribution >= 4 is 0 Å². The van der Waals surface area contributed by atoms with Gasteiger partial charge in [0.05, 0.1) is 13.2 Å². The van der Waals surface area contributed by atoms with Crippen LogP contribution in [0.3, 0.4) is 0 Å². The van der Waals surface area contributed by atoms with Crippen molar-refractivity contribution in [3.05, 3.63) is 46.5 Å². The van der Waals surface area contributed by atoms with Crippen LogP contribution in [0.2, 0.25) is 0 Å². The van der Waals surface area contributed by atoms with Crippen molar-refractivity contribution in [2.45, 2.75) is 19.9 Å². The molecule has 0 atom stereocenters. The molecule has 1 heterocycles. The molecular weight excluding hydrogens is 247 g/mol. The summed E-state index contributed by atoms with van der Waals surface area (Å²) in [6.45, 7) is 3.71. The van der Waals surface area contributed by atoms with E-state index in [0.717, 1.165) is 0 Å². The molecule has 0 saturated heterocycles. The van der Waals surface area contributed by atoms with Gasteiger partial charge in [-0.2, -0.15) is 5.10 Å². The number of halogens is 1. The van der Waals surface area contributed by atoms with E-state index >= 15 is 0 Å². The third-order valence-corrected chi connectivity index (χ3v) is 2.73. The summed E-state index contributed by atoms with van der Waals surface area (Å²) in [6, 6.07) is 7.33. The molecule has 1 aromatic heterocycles. The minimum atomic E-state index is -0.358. The Labute approximate surface area is 110 Å². The van der Waals surface area contributed by atoms with E-state index in [4.69, 9.17) is 4.74 Å². The highest BCUT2D eigenvalue weighted by molar-refractivity contribution is 5.65. The molecule has 0 aliphatic carbocycles. The lowest BCUT2D eigenvalue weighted by atomic mass is 10.1. The first kappa shape index (κ1) is 13.3. The summed E-state index contributed by atoms with van der Waals surface area (Å²) in [5.41, 5.74) is 0.786. The summed E-state index contributed by atoms with van der Waals surface area (Å²) < 4.78 is 19.8. The lowest BCUT2D eigenvalue weighted by Crippen LogP contribution is -2.24. The SMILES string of the molecule is COc1cc(=O)n(C(C)C)nc1-c1cccc(F)c1. The maximum absolute atomic E-state index is 13.3. The van der Waals surface area contributed by atoms with E-state index in [0.29, 0.717) is 17.0 Å². The van der Waals surface area contributed by atoms with Gasteiger partial charge in [-0.05, 0) is 26.0 Å². The number of nitrogens with zero attached hydrogens (tertiary/aromatic N) is 2. The molecule has 2 rings (SSSR count). The quantitative estimate of drug-likeness (QED) is 0.854. The Kier molecular flexibility index (Phi) is 3.64. The van der Waals surface area contributed by atoms with Crippen molar-refractivity contribution in [3.8, 4) is 17.0 Å². The van der Waals surface area contributed by atoms with E-state index in [1.165, 1.54) is 30.0 Å². The summed E-state index contributed by atoms with van der Waals surface area (Å²) in [5, 5.41) is 4.27. The molecule has 0 aliphatic rings. The average molecular weight is 262 g/mol. The van der Waals surface area contributed by atoms with Crippen LogP contribution in [-0.2, 0) is 0 Å². The Bertz CT molecular complexity index is 650. The maximum atomic E-state index is 13.3. The first-order chi connectivity index (χ1) is 9.02. The van der Waals surface area contributed by atoms with Crippen LogP contribution in [0.5, 0.6) is 5.75 Å². The number of benzene rings is 1. The van der Waals surface area contributed by atoms with Gasteiger partial charge in [-0.25, -0.2) is 9.07 Å². The molecule has 4 nitrogen and oxygen atoms in total. The summed E-state index contributed by atoms with van der Waals surface area (Å²) in [4.78, 5) is 11.8. The highest BCUT2D eigenvalue weighted by atomic mass is 19.1. The number of rotatable bonds is 3. The van der Waals surface area contributed by atoms with Crippen molar-refractivity contribution in [3.63, 3.8) is 0 Å². The van der Waals surface area contributed by atoms with Gasteiger partial charge in [-0.3, -0.25) is 4.79 Å². The summed E-state index contributed by atoms with van der Waals surface area (Å²) in [7, 11) is 1.46. The number of ether oxygens (including phenoxy) is 1. The minimum absolute atomic E-state index is 0.0780. The standard InChI is InChI=1S/C14H15FN2O2/c1-9(2)17-13(18)8-12(19-3)14(16-17)10-5-4-6-11(15)7-10/h4-9H,1-3H3. The molecule has 2 aromatic rings. The molecule has 0 bridgehead atoms. The number of hydrogen-bond donors (Lipinski definition) is 0. The molecule has 5 heteroatoms. The van der Waals surface area contributed by atoms with Gasteiger partial charge < -0.3 is 4.74 Å². The highest BCUT2D eigenvalue weighted by Gasteiger charge is 2.13. The normalized spacial score (nSPS) is 10.8. The highest BCUT2D eigenvalue weighted by Crippen LogP contribution is 2.26. The Morgan fingerprint density at radius 3 is 2.63 bits per heavy atom. The zero-order valence-electron chi connectivity index (χ0n) is 11.1. The maximum Gasteiger partial charge on any atom is 0.270 e. The molecule has 0 fully saturated rings. The molecule has 0 amide bonds. The number of methoxy groups -OCH3 is 1. The molecule has 0 saturated carbocycles. The summed E-state index contributed by atoms with van der Waals surface area (Å²) in [5.74, 6) is -0.0175. The van der Waals surface area contributed by atoms with Crippen molar-refractivity contribution in [1.82, 2.24) is 9.78 Å². The Morgan fingerprint density at radius 2 is 2.05 bits per heavy atom.